The third-order valence-corrected chi connectivity index (χ3v) is 17.0. The molecule has 3 heterocycles. The van der Waals surface area contributed by atoms with Gasteiger partial charge in [0.05, 0.1) is 28.5 Å². The molecule has 2 aromatic heterocycles. The van der Waals surface area contributed by atoms with Crippen molar-refractivity contribution in [2.45, 2.75) is 122 Å². The molecule has 2 aromatic carbocycles. The molecule has 1 aliphatic heterocycles. The number of benzene rings is 2. The van der Waals surface area contributed by atoms with E-state index in [1.807, 2.05) is 73.5 Å². The Morgan fingerprint density at radius 2 is 1.77 bits per heavy atom. The van der Waals surface area contributed by atoms with Gasteiger partial charge in [-0.1, -0.05) is 68.8 Å². The van der Waals surface area contributed by atoms with E-state index >= 15 is 4.79 Å². The van der Waals surface area contributed by atoms with Crippen molar-refractivity contribution in [2.75, 3.05) is 13.1 Å². The number of allylic oxidation sites excluding steroid dienone is 2. The quantitative estimate of drug-likeness (QED) is 0.105. The van der Waals surface area contributed by atoms with Crippen LogP contribution in [0.4, 0.5) is 0 Å². The topological polar surface area (TPSA) is 104 Å². The van der Waals surface area contributed by atoms with Crippen LogP contribution in [0.15, 0.2) is 77.7 Å². The Morgan fingerprint density at radius 1 is 0.964 bits per heavy atom. The zero-order valence-electron chi connectivity index (χ0n) is 33.4. The molecular formula is C47H55NO6S2. The van der Waals surface area contributed by atoms with Crippen LogP contribution in [0.3, 0.4) is 0 Å². The lowest BCUT2D eigenvalue weighted by atomic mass is 9.64. The number of carbonyl (C=O) groups is 3. The number of aliphatic hydroxyl groups excluding tert-OH is 1. The van der Waals surface area contributed by atoms with Gasteiger partial charge in [0.2, 0.25) is 5.78 Å². The molecule has 296 valence electrons. The predicted molar refractivity (Wildman–Crippen MR) is 223 cm³/mol. The molecule has 7 nitrogen and oxygen atoms in total. The van der Waals surface area contributed by atoms with Gasteiger partial charge in [-0.15, -0.1) is 22.7 Å². The van der Waals surface area contributed by atoms with Crippen LogP contribution in [0, 0.1) is 16.2 Å². The first kappa shape index (κ1) is 39.2. The van der Waals surface area contributed by atoms with Gasteiger partial charge in [-0.25, -0.2) is 0 Å². The summed E-state index contributed by atoms with van der Waals surface area (Å²) in [4.78, 5) is 46.9. The normalized spacial score (nSPS) is 31.2. The number of carbonyl (C=O) groups excluding carboxylic acids is 3. The summed E-state index contributed by atoms with van der Waals surface area (Å²) in [6.45, 7) is 10.7. The molecule has 1 amide bonds. The minimum absolute atomic E-state index is 0.0421. The predicted octanol–water partition coefficient (Wildman–Crippen LogP) is 9.43. The van der Waals surface area contributed by atoms with E-state index in [0.29, 0.717) is 74.8 Å². The van der Waals surface area contributed by atoms with E-state index in [4.69, 9.17) is 4.74 Å². The van der Waals surface area contributed by atoms with Crippen molar-refractivity contribution in [1.82, 2.24) is 4.90 Å². The van der Waals surface area contributed by atoms with Gasteiger partial charge in [-0.3, -0.25) is 14.4 Å². The number of ketones is 1. The number of amides is 1. The van der Waals surface area contributed by atoms with Crippen LogP contribution in [0.1, 0.15) is 123 Å². The second-order valence-corrected chi connectivity index (χ2v) is 20.3. The summed E-state index contributed by atoms with van der Waals surface area (Å²) in [6, 6.07) is 20.2. The first-order chi connectivity index (χ1) is 26.6. The molecule has 5 aliphatic rings. The molecular weight excluding hydrogens is 739 g/mol. The van der Waals surface area contributed by atoms with Crippen LogP contribution >= 0.6 is 22.7 Å². The van der Waals surface area contributed by atoms with Gasteiger partial charge in [0.1, 0.15) is 0 Å². The van der Waals surface area contributed by atoms with Crippen molar-refractivity contribution in [3.8, 4) is 0 Å². The number of nitrogens with zero attached hydrogens (tertiary/aromatic N) is 1. The van der Waals surface area contributed by atoms with Crippen molar-refractivity contribution < 1.29 is 29.3 Å². The first-order valence-electron chi connectivity index (χ1n) is 20.4. The number of hydrogen-bond donors (Lipinski definition) is 2. The fourth-order valence-electron chi connectivity index (χ4n) is 10.7. The van der Waals surface area contributed by atoms with E-state index in [2.05, 4.69) is 38.1 Å². The van der Waals surface area contributed by atoms with E-state index in [0.717, 1.165) is 32.5 Å². The number of ether oxygens (including phenoxy) is 1. The summed E-state index contributed by atoms with van der Waals surface area (Å²) in [5, 5.41) is 27.5. The molecule has 6 atom stereocenters. The zero-order chi connectivity index (χ0) is 39.7. The third kappa shape index (κ3) is 6.23. The minimum Gasteiger partial charge on any atom is -0.448 e. The average Bonchev–Trinajstić information content (AvgIpc) is 3.97. The minimum atomic E-state index is -1.31. The highest BCUT2D eigenvalue weighted by atomic mass is 32.1. The van der Waals surface area contributed by atoms with E-state index < -0.39 is 33.6 Å². The number of thiophene rings is 2. The van der Waals surface area contributed by atoms with Crippen molar-refractivity contribution in [3.63, 3.8) is 0 Å². The lowest BCUT2D eigenvalue weighted by Gasteiger charge is -2.47. The summed E-state index contributed by atoms with van der Waals surface area (Å²) < 4.78 is 7.21. The standard InChI is InChI=1S/C47H55NO6S2/c1-30-10-8-20-44(4)37(35-17-15-31(26-33(49)16-14-30)27-36(35)40(50)39-28-32-11-6-7-13-38(32)56-39)18-21-46(44,53)29-48(24-19-34-12-9-25-55-34)41(51)47-23-22-45(5,42(52)54-47)43(47,2)3/h6-7,9-13,15,17,25,27-28,33,37,49,53H,8,14,16,18-24,26,29H2,1-5H3. The monoisotopic (exact) mass is 793 g/mol. The van der Waals surface area contributed by atoms with Gasteiger partial charge in [0.15, 0.2) is 5.60 Å². The SMILES string of the molecule is CC1=CCCC2(C)C(CCC2(O)CN(CCc2cccs2)C(=O)C23CCC(C)(C(=O)O2)C3(C)C)c2ccc(cc2C(=O)c2cc3ccccc3s2)CC(O)CC1. The van der Waals surface area contributed by atoms with Crippen molar-refractivity contribution in [1.29, 1.82) is 0 Å². The smallest absolute Gasteiger partial charge is 0.313 e. The number of aliphatic hydroxyl groups is 2. The Hall–Kier alpha value is -3.63. The maximum absolute atomic E-state index is 15.2. The van der Waals surface area contributed by atoms with E-state index in [-0.39, 0.29) is 30.1 Å². The first-order valence-corrected chi connectivity index (χ1v) is 22.1. The molecule has 0 radical (unpaired) electrons. The Bertz CT molecular complexity index is 2170. The zero-order valence-corrected chi connectivity index (χ0v) is 35.0. The molecule has 56 heavy (non-hydrogen) atoms. The fraction of sp³-hybridized carbons (Fsp3) is 0.511. The third-order valence-electron chi connectivity index (χ3n) is 14.9. The Morgan fingerprint density at radius 3 is 2.48 bits per heavy atom. The molecule has 4 bridgehead atoms. The van der Waals surface area contributed by atoms with Gasteiger partial charge in [0.25, 0.3) is 5.91 Å². The largest absolute Gasteiger partial charge is 0.448 e. The summed E-state index contributed by atoms with van der Waals surface area (Å²) >= 11 is 3.15. The van der Waals surface area contributed by atoms with Crippen LogP contribution in [-0.4, -0.2) is 63.2 Å². The molecule has 4 aliphatic carbocycles. The summed E-state index contributed by atoms with van der Waals surface area (Å²) in [7, 11) is 0. The van der Waals surface area contributed by atoms with Crippen LogP contribution in [0.5, 0.6) is 0 Å². The highest BCUT2D eigenvalue weighted by Gasteiger charge is 2.76. The Labute approximate surface area is 338 Å². The van der Waals surface area contributed by atoms with Crippen molar-refractivity contribution in [3.05, 3.63) is 104 Å². The Balaban J connectivity index is 1.21. The lowest BCUT2D eigenvalue weighted by Crippen LogP contribution is -2.60. The van der Waals surface area contributed by atoms with Gasteiger partial charge >= 0.3 is 5.97 Å². The van der Waals surface area contributed by atoms with Crippen LogP contribution in [-0.2, 0) is 27.2 Å². The number of fused-ring (bicyclic) bond motifs is 11. The number of esters is 1. The maximum atomic E-state index is 15.2. The molecule has 0 spiro atoms. The molecule has 2 saturated carbocycles. The highest BCUT2D eigenvalue weighted by molar-refractivity contribution is 7.21. The van der Waals surface area contributed by atoms with E-state index in [9.17, 15) is 19.8 Å². The van der Waals surface area contributed by atoms with Crippen LogP contribution < -0.4 is 0 Å². The van der Waals surface area contributed by atoms with E-state index in [1.54, 1.807) is 11.3 Å². The van der Waals surface area contributed by atoms with Crippen LogP contribution in [0.25, 0.3) is 10.1 Å². The molecule has 9 heteroatoms. The van der Waals surface area contributed by atoms with Gasteiger partial charge in [0, 0.05) is 32.5 Å². The summed E-state index contributed by atoms with van der Waals surface area (Å²) in [6.07, 6.45) is 7.67. The average molecular weight is 794 g/mol. The molecule has 2 N–H and O–H groups in total. The number of hydrogen-bond acceptors (Lipinski definition) is 8. The molecule has 4 aromatic rings. The summed E-state index contributed by atoms with van der Waals surface area (Å²) in [5.74, 6) is -0.750. The van der Waals surface area contributed by atoms with Gasteiger partial charge in [-0.2, -0.15) is 0 Å². The Kier molecular flexibility index (Phi) is 10.0. The van der Waals surface area contributed by atoms with Crippen molar-refractivity contribution in [2.24, 2.45) is 16.2 Å². The molecule has 1 saturated heterocycles. The van der Waals surface area contributed by atoms with Crippen LogP contribution in [0.2, 0.25) is 0 Å². The van der Waals surface area contributed by atoms with Gasteiger partial charge < -0.3 is 19.8 Å². The molecule has 3 fully saturated rings. The molecule has 6 unspecified atom stereocenters. The van der Waals surface area contributed by atoms with Crippen molar-refractivity contribution >= 4 is 50.4 Å². The maximum Gasteiger partial charge on any atom is 0.313 e. The second-order valence-electron chi connectivity index (χ2n) is 18.2. The van der Waals surface area contributed by atoms with E-state index in [1.165, 1.54) is 16.9 Å². The fourth-order valence-corrected chi connectivity index (χ4v) is 12.4. The highest BCUT2D eigenvalue weighted by Crippen LogP contribution is 2.66. The molecule has 9 rings (SSSR count). The van der Waals surface area contributed by atoms with Gasteiger partial charge in [-0.05, 0) is 130 Å². The number of rotatable bonds is 8. The lowest BCUT2D eigenvalue weighted by molar-refractivity contribution is -0.177. The summed E-state index contributed by atoms with van der Waals surface area (Å²) in [5.41, 5.74) is -1.14. The second kappa shape index (κ2) is 14.3.